The van der Waals surface area contributed by atoms with Gasteiger partial charge in [-0.1, -0.05) is 73.9 Å². The molecule has 3 aliphatic rings. The lowest BCUT2D eigenvalue weighted by Crippen LogP contribution is -2.47. The number of imidazole rings is 1. The van der Waals surface area contributed by atoms with Crippen molar-refractivity contribution in [3.63, 3.8) is 0 Å². The van der Waals surface area contributed by atoms with Crippen molar-refractivity contribution in [1.29, 1.82) is 0 Å². The second-order valence-electron chi connectivity index (χ2n) is 13.7. The molecule has 3 aromatic rings. The van der Waals surface area contributed by atoms with Gasteiger partial charge in [-0.15, -0.1) is 0 Å². The number of aromatic nitrogens is 2. The fourth-order valence-corrected chi connectivity index (χ4v) is 10.0. The topological polar surface area (TPSA) is 58.4 Å². The van der Waals surface area contributed by atoms with E-state index in [2.05, 4.69) is 72.7 Å². The van der Waals surface area contributed by atoms with E-state index in [1.807, 2.05) is 0 Å². The number of aryl methyl sites for hydroxylation is 1. The van der Waals surface area contributed by atoms with Gasteiger partial charge in [-0.3, -0.25) is 0 Å². The van der Waals surface area contributed by atoms with E-state index in [0.29, 0.717) is 41.0 Å². The number of sulfonamides is 1. The van der Waals surface area contributed by atoms with E-state index < -0.39 is 10.0 Å². The summed E-state index contributed by atoms with van der Waals surface area (Å²) in [5.74, 6) is 1.62. The van der Waals surface area contributed by atoms with Crippen LogP contribution in [-0.4, -0.2) is 59.4 Å². The van der Waals surface area contributed by atoms with E-state index in [9.17, 15) is 8.42 Å². The van der Waals surface area contributed by atoms with Gasteiger partial charge in [0.2, 0.25) is 10.0 Å². The molecule has 0 bridgehead atoms. The predicted molar refractivity (Wildman–Crippen MR) is 185 cm³/mol. The maximum absolute atomic E-state index is 13.6. The van der Waals surface area contributed by atoms with Crippen LogP contribution in [0.1, 0.15) is 83.5 Å². The van der Waals surface area contributed by atoms with Gasteiger partial charge in [0.25, 0.3) is 0 Å². The van der Waals surface area contributed by atoms with Gasteiger partial charge < -0.3 is 9.47 Å². The summed E-state index contributed by atoms with van der Waals surface area (Å²) in [6.07, 6.45) is 16.7. The summed E-state index contributed by atoms with van der Waals surface area (Å²) < 4.78 is 31.3. The van der Waals surface area contributed by atoms with Crippen LogP contribution in [0.15, 0.2) is 77.2 Å². The van der Waals surface area contributed by atoms with E-state index in [1.54, 1.807) is 28.6 Å². The maximum Gasteiger partial charge on any atom is 0.243 e. The van der Waals surface area contributed by atoms with Gasteiger partial charge in [0, 0.05) is 30.2 Å². The first kappa shape index (κ1) is 32.5. The van der Waals surface area contributed by atoms with Gasteiger partial charge in [0.1, 0.15) is 5.82 Å². The van der Waals surface area contributed by atoms with Crippen molar-refractivity contribution in [2.75, 3.05) is 26.2 Å². The summed E-state index contributed by atoms with van der Waals surface area (Å²) in [6, 6.07) is 16.2. The van der Waals surface area contributed by atoms with Gasteiger partial charge in [-0.25, -0.2) is 13.4 Å². The van der Waals surface area contributed by atoms with Crippen LogP contribution in [0.25, 0.3) is 11.0 Å². The molecule has 3 heterocycles. The number of benzene rings is 2. The molecule has 2 aromatic carbocycles. The number of likely N-dealkylation sites (tertiary alicyclic amines) is 1. The Kier molecular flexibility index (Phi) is 9.91. The average Bonchev–Trinajstić information content (AvgIpc) is 3.38. The minimum absolute atomic E-state index is 0.0165. The molecule has 0 N–H and O–H groups in total. The molecule has 3 atom stereocenters. The Morgan fingerprint density at radius 3 is 2.62 bits per heavy atom. The normalized spacial score (nSPS) is 23.7. The first-order chi connectivity index (χ1) is 21.7. The van der Waals surface area contributed by atoms with Crippen LogP contribution in [0.4, 0.5) is 0 Å². The van der Waals surface area contributed by atoms with Gasteiger partial charge in [0.15, 0.2) is 0 Å². The summed E-state index contributed by atoms with van der Waals surface area (Å²) >= 11 is 6.17. The van der Waals surface area contributed by atoms with Gasteiger partial charge in [-0.05, 0) is 113 Å². The fourth-order valence-electron chi connectivity index (χ4n) is 8.27. The predicted octanol–water partition coefficient (Wildman–Crippen LogP) is 8.58. The molecule has 8 heteroatoms. The van der Waals surface area contributed by atoms with E-state index in [0.717, 1.165) is 63.0 Å². The van der Waals surface area contributed by atoms with Crippen LogP contribution in [0, 0.1) is 18.3 Å². The average molecular weight is 649 g/mol. The van der Waals surface area contributed by atoms with E-state index in [4.69, 9.17) is 16.6 Å². The van der Waals surface area contributed by atoms with Gasteiger partial charge >= 0.3 is 0 Å². The summed E-state index contributed by atoms with van der Waals surface area (Å²) in [5, 5.41) is 0.452. The molecule has 0 spiro atoms. The first-order valence-electron chi connectivity index (χ1n) is 17.0. The van der Waals surface area contributed by atoms with Gasteiger partial charge in [0.05, 0.1) is 15.9 Å². The molecule has 6 rings (SSSR count). The largest absolute Gasteiger partial charge is 0.325 e. The Balaban J connectivity index is 1.20. The minimum Gasteiger partial charge on any atom is -0.325 e. The van der Waals surface area contributed by atoms with Gasteiger partial charge in [-0.2, -0.15) is 4.31 Å². The van der Waals surface area contributed by atoms with Crippen molar-refractivity contribution in [3.05, 3.63) is 83.2 Å². The third-order valence-electron chi connectivity index (χ3n) is 10.9. The standard InChI is InChI=1S/C37H49ClN4O2S/c1-4-32(42-29(3)39-35-16-5-6-17-36(35)42)27-33-14-7-8-21-40(33)22-18-37(30-12-9-11-28(2)25-30)19-23-41(24-20-37)45(43,44)34-15-10-13-31(38)26-34/h5-6,9-13,15-17,26,28,32-33H,4,7-8,14,18-25,27H2,1-3H3/t28?,32-,33?/m0/s1. The number of halogens is 1. The van der Waals surface area contributed by atoms with Crippen LogP contribution < -0.4 is 0 Å². The number of para-hydroxylation sites is 2. The van der Waals surface area contributed by atoms with Crippen LogP contribution in [0.3, 0.4) is 0 Å². The summed E-state index contributed by atoms with van der Waals surface area (Å²) in [5.41, 5.74) is 3.86. The highest BCUT2D eigenvalue weighted by molar-refractivity contribution is 7.89. The molecule has 1 aromatic heterocycles. The molecule has 0 amide bonds. The van der Waals surface area contributed by atoms with Crippen molar-refractivity contribution in [2.45, 2.75) is 95.5 Å². The van der Waals surface area contributed by atoms with E-state index >= 15 is 0 Å². The van der Waals surface area contributed by atoms with Crippen molar-refractivity contribution in [3.8, 4) is 0 Å². The highest BCUT2D eigenvalue weighted by Gasteiger charge is 2.42. The molecular formula is C37H49ClN4O2S. The van der Waals surface area contributed by atoms with Crippen molar-refractivity contribution in [2.24, 2.45) is 11.3 Å². The molecule has 45 heavy (non-hydrogen) atoms. The highest BCUT2D eigenvalue weighted by Crippen LogP contribution is 2.47. The zero-order valence-corrected chi connectivity index (χ0v) is 28.7. The fraction of sp³-hybridized carbons (Fsp3) is 0.541. The lowest BCUT2D eigenvalue weighted by Gasteiger charge is -2.46. The third kappa shape index (κ3) is 6.83. The summed E-state index contributed by atoms with van der Waals surface area (Å²) in [6.45, 7) is 10.0. The first-order valence-corrected chi connectivity index (χ1v) is 18.8. The molecule has 0 saturated carbocycles. The summed E-state index contributed by atoms with van der Waals surface area (Å²) in [4.78, 5) is 7.96. The lowest BCUT2D eigenvalue weighted by molar-refractivity contribution is 0.0911. The van der Waals surface area contributed by atoms with Crippen molar-refractivity contribution < 1.29 is 8.42 Å². The Morgan fingerprint density at radius 1 is 1.07 bits per heavy atom. The number of rotatable bonds is 10. The molecule has 1 aliphatic carbocycles. The monoisotopic (exact) mass is 648 g/mol. The Bertz CT molecular complexity index is 1650. The second-order valence-corrected chi connectivity index (χ2v) is 16.0. The Morgan fingerprint density at radius 2 is 1.87 bits per heavy atom. The zero-order chi connectivity index (χ0) is 31.6. The molecule has 2 aliphatic heterocycles. The molecular weight excluding hydrogens is 600 g/mol. The quantitative estimate of drug-likeness (QED) is 0.221. The van der Waals surface area contributed by atoms with Crippen LogP contribution >= 0.6 is 11.6 Å². The van der Waals surface area contributed by atoms with Crippen molar-refractivity contribution in [1.82, 2.24) is 18.8 Å². The summed E-state index contributed by atoms with van der Waals surface area (Å²) in [7, 11) is -3.58. The minimum atomic E-state index is -3.58. The van der Waals surface area contributed by atoms with E-state index in [1.165, 1.54) is 30.4 Å². The number of nitrogens with zero attached hydrogens (tertiary/aromatic N) is 4. The number of fused-ring (bicyclic) bond motifs is 1. The molecule has 0 radical (unpaired) electrons. The number of allylic oxidation sites excluding steroid dienone is 4. The highest BCUT2D eigenvalue weighted by atomic mass is 35.5. The Hall–Kier alpha value is -2.45. The molecule has 2 fully saturated rings. The third-order valence-corrected chi connectivity index (χ3v) is 13.0. The molecule has 2 unspecified atom stereocenters. The molecule has 6 nitrogen and oxygen atoms in total. The molecule has 2 saturated heterocycles. The number of hydrogen-bond donors (Lipinski definition) is 0. The second kappa shape index (κ2) is 13.7. The van der Waals surface area contributed by atoms with E-state index in [-0.39, 0.29) is 5.41 Å². The smallest absolute Gasteiger partial charge is 0.243 e. The SMILES string of the molecule is CC[C@@H](CC1CCCCN1CCC1(C2=CC=CC(C)C2)CCN(S(=O)(=O)c2cccc(Cl)c2)CC1)n1c(C)nc2ccccc21. The zero-order valence-electron chi connectivity index (χ0n) is 27.2. The van der Waals surface area contributed by atoms with Crippen LogP contribution in [0.5, 0.6) is 0 Å². The number of hydrogen-bond acceptors (Lipinski definition) is 4. The van der Waals surface area contributed by atoms with Crippen LogP contribution in [-0.2, 0) is 10.0 Å². The Labute approximate surface area is 275 Å². The maximum atomic E-state index is 13.6. The van der Waals surface area contributed by atoms with Crippen molar-refractivity contribution >= 4 is 32.7 Å². The number of piperidine rings is 2. The van der Waals surface area contributed by atoms with Crippen LogP contribution in [0.2, 0.25) is 5.02 Å². The lowest BCUT2D eigenvalue weighted by atomic mass is 9.67. The molecule has 242 valence electrons.